The van der Waals surface area contributed by atoms with Crippen LogP contribution in [0.5, 0.6) is 0 Å². The van der Waals surface area contributed by atoms with E-state index in [0.717, 1.165) is 112 Å². The Morgan fingerprint density at radius 2 is 0.486 bits per heavy atom. The molecule has 7 aromatic carbocycles. The smallest absolute Gasteiger partial charge is 0.138 e. The van der Waals surface area contributed by atoms with Crippen LogP contribution in [-0.4, -0.2) is 38.2 Å². The first-order chi connectivity index (χ1) is 34.7. The molecule has 0 aliphatic rings. The van der Waals surface area contributed by atoms with E-state index >= 15 is 0 Å². The second-order valence-corrected chi connectivity index (χ2v) is 17.8. The summed E-state index contributed by atoms with van der Waals surface area (Å²) in [5, 5.41) is 9.36. The van der Waals surface area contributed by atoms with Crippen molar-refractivity contribution in [3.8, 4) is 46.0 Å². The highest BCUT2D eigenvalue weighted by Gasteiger charge is 2.23. The van der Waals surface area contributed by atoms with Gasteiger partial charge in [0.2, 0.25) is 0 Å². The second kappa shape index (κ2) is 14.9. The van der Waals surface area contributed by atoms with Gasteiger partial charge in [-0.2, -0.15) is 0 Å². The standard InChI is InChI=1S/C62H38N8/c1-7-27-50-39(17-1)40-18-2-8-28-51(40)67(50)57-33-13-23-46(63-57)47-25-15-35-59(65-47)69-55-32-12-6-22-45(55)61-56(69)38-37-44-43-21-5-11-31-54(43)70(62(44)61)60-36-16-26-49(66-60)48-24-14-34-58(64-48)68-52-29-9-3-19-41(52)42-20-4-10-30-53(42)68/h1-38H. The molecule has 15 rings (SSSR count). The van der Waals surface area contributed by atoms with Gasteiger partial charge in [0.15, 0.2) is 0 Å². The van der Waals surface area contributed by atoms with Crippen LogP contribution in [0.3, 0.4) is 0 Å². The maximum Gasteiger partial charge on any atom is 0.138 e. The van der Waals surface area contributed by atoms with Crippen LogP contribution in [0, 0.1) is 0 Å². The molecule has 8 heterocycles. The number of fused-ring (bicyclic) bond motifs is 13. The lowest BCUT2D eigenvalue weighted by Crippen LogP contribution is -2.02. The summed E-state index contributed by atoms with van der Waals surface area (Å²) >= 11 is 0. The highest BCUT2D eigenvalue weighted by Crippen LogP contribution is 2.42. The molecule has 70 heavy (non-hydrogen) atoms. The van der Waals surface area contributed by atoms with Gasteiger partial charge in [-0.3, -0.25) is 18.3 Å². The van der Waals surface area contributed by atoms with E-state index in [1.165, 1.54) is 21.5 Å². The van der Waals surface area contributed by atoms with Crippen LogP contribution in [0.2, 0.25) is 0 Å². The van der Waals surface area contributed by atoms with Crippen molar-refractivity contribution in [2.24, 2.45) is 0 Å². The van der Waals surface area contributed by atoms with Crippen LogP contribution in [0.25, 0.3) is 133 Å². The molecule has 0 saturated heterocycles. The highest BCUT2D eigenvalue weighted by atomic mass is 15.1. The van der Waals surface area contributed by atoms with E-state index in [-0.39, 0.29) is 0 Å². The van der Waals surface area contributed by atoms with Crippen molar-refractivity contribution in [3.05, 3.63) is 231 Å². The second-order valence-electron chi connectivity index (χ2n) is 17.8. The van der Waals surface area contributed by atoms with E-state index < -0.39 is 0 Å². The van der Waals surface area contributed by atoms with E-state index in [1.807, 2.05) is 0 Å². The summed E-state index contributed by atoms with van der Waals surface area (Å²) in [6.45, 7) is 0. The molecule has 0 aliphatic carbocycles. The van der Waals surface area contributed by atoms with Gasteiger partial charge in [0.05, 0.1) is 66.9 Å². The van der Waals surface area contributed by atoms with E-state index in [2.05, 4.69) is 249 Å². The maximum absolute atomic E-state index is 5.45. The Hall–Kier alpha value is -9.66. The maximum atomic E-state index is 5.45. The van der Waals surface area contributed by atoms with Crippen LogP contribution in [-0.2, 0) is 0 Å². The first-order valence-corrected chi connectivity index (χ1v) is 23.6. The van der Waals surface area contributed by atoms with Gasteiger partial charge < -0.3 is 0 Å². The Morgan fingerprint density at radius 3 is 0.871 bits per heavy atom. The van der Waals surface area contributed by atoms with Gasteiger partial charge in [0.1, 0.15) is 23.3 Å². The van der Waals surface area contributed by atoms with Crippen molar-refractivity contribution in [1.82, 2.24) is 38.2 Å². The van der Waals surface area contributed by atoms with Crippen LogP contribution >= 0.6 is 0 Å². The fourth-order valence-corrected chi connectivity index (χ4v) is 11.1. The Kier molecular flexibility index (Phi) is 8.20. The summed E-state index contributed by atoms with van der Waals surface area (Å²) in [6, 6.07) is 80.8. The van der Waals surface area contributed by atoms with E-state index in [0.29, 0.717) is 0 Å². The first kappa shape index (κ1) is 38.4. The molecule has 8 heteroatoms. The zero-order valence-electron chi connectivity index (χ0n) is 37.5. The molecule has 0 atom stereocenters. The number of aromatic nitrogens is 8. The molecule has 15 aromatic rings. The minimum atomic E-state index is 0.789. The Labute approximate surface area is 400 Å². The van der Waals surface area contributed by atoms with E-state index in [1.54, 1.807) is 0 Å². The minimum Gasteiger partial charge on any atom is -0.294 e. The van der Waals surface area contributed by atoms with Crippen molar-refractivity contribution in [1.29, 1.82) is 0 Å². The largest absolute Gasteiger partial charge is 0.294 e. The Balaban J connectivity index is 0.895. The Morgan fingerprint density at radius 1 is 0.200 bits per heavy atom. The predicted molar refractivity (Wildman–Crippen MR) is 286 cm³/mol. The molecule has 0 spiro atoms. The van der Waals surface area contributed by atoms with Gasteiger partial charge in [-0.05, 0) is 91.0 Å². The fourth-order valence-electron chi connectivity index (χ4n) is 11.1. The molecule has 8 aromatic heterocycles. The number of hydrogen-bond donors (Lipinski definition) is 0. The summed E-state index contributed by atoms with van der Waals surface area (Å²) in [6.07, 6.45) is 0. The van der Waals surface area contributed by atoms with E-state index in [4.69, 9.17) is 19.9 Å². The molecular formula is C62H38N8. The number of rotatable bonds is 6. The van der Waals surface area contributed by atoms with Crippen molar-refractivity contribution < 1.29 is 0 Å². The number of benzene rings is 7. The van der Waals surface area contributed by atoms with Gasteiger partial charge >= 0.3 is 0 Å². The van der Waals surface area contributed by atoms with Crippen LogP contribution in [0.15, 0.2) is 231 Å². The first-order valence-electron chi connectivity index (χ1n) is 23.6. The fraction of sp³-hybridized carbons (Fsp3) is 0. The third-order valence-electron chi connectivity index (χ3n) is 14.0. The third-order valence-corrected chi connectivity index (χ3v) is 14.0. The molecule has 0 amide bonds. The molecule has 326 valence electrons. The zero-order chi connectivity index (χ0) is 45.9. The van der Waals surface area contributed by atoms with Gasteiger partial charge in [0, 0.05) is 43.1 Å². The lowest BCUT2D eigenvalue weighted by atomic mass is 10.1. The SMILES string of the molecule is c1cc(-c2cccc(-n3c4ccccc4c4c3ccc3c5ccccc5n(-c5cccc(-c6cccc(-n7c8ccccc8c8ccccc87)n6)n5)c34)n2)nc(-n2c3ccccc3c3ccccc32)c1. The normalized spacial score (nSPS) is 12.0. The number of para-hydroxylation sites is 6. The molecule has 8 nitrogen and oxygen atoms in total. The monoisotopic (exact) mass is 894 g/mol. The lowest BCUT2D eigenvalue weighted by Gasteiger charge is -2.12. The molecule has 0 N–H and O–H groups in total. The van der Waals surface area contributed by atoms with Crippen molar-refractivity contribution in [2.45, 2.75) is 0 Å². The molecule has 0 aliphatic heterocycles. The Bertz CT molecular complexity index is 4520. The predicted octanol–water partition coefficient (Wildman–Crippen LogP) is 15.0. The topological polar surface area (TPSA) is 71.3 Å². The highest BCUT2D eigenvalue weighted by molar-refractivity contribution is 6.26. The minimum absolute atomic E-state index is 0.789. The molecule has 0 bridgehead atoms. The van der Waals surface area contributed by atoms with Gasteiger partial charge in [0.25, 0.3) is 0 Å². The quantitative estimate of drug-likeness (QED) is 0.167. The number of pyridine rings is 4. The molecule has 0 fully saturated rings. The van der Waals surface area contributed by atoms with Gasteiger partial charge in [-0.15, -0.1) is 0 Å². The summed E-state index contributed by atoms with van der Waals surface area (Å²) in [5.41, 5.74) is 11.9. The molecule has 0 radical (unpaired) electrons. The van der Waals surface area contributed by atoms with Crippen molar-refractivity contribution in [3.63, 3.8) is 0 Å². The average molecular weight is 895 g/mol. The third kappa shape index (κ3) is 5.58. The molecule has 0 saturated carbocycles. The van der Waals surface area contributed by atoms with E-state index in [9.17, 15) is 0 Å². The van der Waals surface area contributed by atoms with Crippen LogP contribution in [0.4, 0.5) is 0 Å². The summed E-state index contributed by atoms with van der Waals surface area (Å²) in [5.74, 6) is 3.31. The summed E-state index contributed by atoms with van der Waals surface area (Å²) in [4.78, 5) is 21.5. The average Bonchev–Trinajstić information content (AvgIpc) is 4.16. The number of nitrogens with zero attached hydrogens (tertiary/aromatic N) is 8. The van der Waals surface area contributed by atoms with Gasteiger partial charge in [-0.1, -0.05) is 140 Å². The molecular weight excluding hydrogens is 857 g/mol. The van der Waals surface area contributed by atoms with Crippen molar-refractivity contribution >= 4 is 87.2 Å². The zero-order valence-corrected chi connectivity index (χ0v) is 37.5. The van der Waals surface area contributed by atoms with Crippen LogP contribution in [0.1, 0.15) is 0 Å². The number of hydrogen-bond acceptors (Lipinski definition) is 4. The summed E-state index contributed by atoms with van der Waals surface area (Å²) < 4.78 is 9.13. The van der Waals surface area contributed by atoms with Gasteiger partial charge in [-0.25, -0.2) is 19.9 Å². The van der Waals surface area contributed by atoms with Crippen molar-refractivity contribution in [2.75, 3.05) is 0 Å². The summed E-state index contributed by atoms with van der Waals surface area (Å²) in [7, 11) is 0. The van der Waals surface area contributed by atoms with Crippen LogP contribution < -0.4 is 0 Å². The lowest BCUT2D eigenvalue weighted by molar-refractivity contribution is 1.05. The molecule has 0 unspecified atom stereocenters.